The predicted octanol–water partition coefficient (Wildman–Crippen LogP) is 4.56. The molecule has 21 heavy (non-hydrogen) atoms. The molecule has 2 amide bonds. The summed E-state index contributed by atoms with van der Waals surface area (Å²) in [6.07, 6.45) is -3.78. The Labute approximate surface area is 129 Å². The quantitative estimate of drug-likeness (QED) is 0.777. The maximum absolute atomic E-state index is 12.7. The molecule has 0 radical (unpaired) electrons. The molecule has 3 nitrogen and oxygen atoms in total. The standard InChI is InChI=1S/C14H16BrF3N2O/c1-9-7-11(4-5-12(9)15)19-13(21)20-6-2-3-10(8-20)14(16,17)18/h4-5,7,10H,2-3,6,8H2,1H3,(H,19,21). The molecule has 0 aromatic heterocycles. The minimum atomic E-state index is -4.24. The van der Waals surface area contributed by atoms with Crippen LogP contribution in [0.15, 0.2) is 22.7 Å². The first-order chi connectivity index (χ1) is 9.77. The van der Waals surface area contributed by atoms with Crippen LogP contribution in [0, 0.1) is 12.8 Å². The number of nitrogens with one attached hydrogen (secondary N) is 1. The number of hydrogen-bond donors (Lipinski definition) is 1. The van der Waals surface area contributed by atoms with Gasteiger partial charge in [0.25, 0.3) is 0 Å². The van der Waals surface area contributed by atoms with E-state index in [1.54, 1.807) is 18.2 Å². The molecule has 7 heteroatoms. The van der Waals surface area contributed by atoms with Gasteiger partial charge in [-0.1, -0.05) is 15.9 Å². The van der Waals surface area contributed by atoms with E-state index < -0.39 is 18.1 Å². The highest BCUT2D eigenvalue weighted by Crippen LogP contribution is 2.33. The summed E-state index contributed by atoms with van der Waals surface area (Å²) in [5.41, 5.74) is 1.52. The van der Waals surface area contributed by atoms with Gasteiger partial charge in [0.05, 0.1) is 5.92 Å². The number of urea groups is 1. The Balaban J connectivity index is 2.01. The average molecular weight is 365 g/mol. The van der Waals surface area contributed by atoms with Crippen molar-refractivity contribution in [2.75, 3.05) is 18.4 Å². The van der Waals surface area contributed by atoms with Crippen LogP contribution in [0.2, 0.25) is 0 Å². The summed E-state index contributed by atoms with van der Waals surface area (Å²) in [6, 6.07) is 4.79. The Morgan fingerprint density at radius 2 is 2.14 bits per heavy atom. The third kappa shape index (κ3) is 4.12. The van der Waals surface area contributed by atoms with Crippen LogP contribution in [0.3, 0.4) is 0 Å². The molecule has 1 N–H and O–H groups in total. The number of alkyl halides is 3. The first-order valence-corrected chi connectivity index (χ1v) is 7.45. The number of hydrogen-bond acceptors (Lipinski definition) is 1. The van der Waals surface area contributed by atoms with Gasteiger partial charge in [-0.2, -0.15) is 13.2 Å². The lowest BCUT2D eigenvalue weighted by Crippen LogP contribution is -2.46. The lowest BCUT2D eigenvalue weighted by molar-refractivity contribution is -0.183. The number of benzene rings is 1. The fourth-order valence-electron chi connectivity index (χ4n) is 2.35. The maximum Gasteiger partial charge on any atom is 0.393 e. The first-order valence-electron chi connectivity index (χ1n) is 6.66. The van der Waals surface area contributed by atoms with Crippen molar-refractivity contribution in [3.63, 3.8) is 0 Å². The number of halogens is 4. The molecule has 1 aliphatic rings. The summed E-state index contributed by atoms with van der Waals surface area (Å²) in [5, 5.41) is 2.65. The van der Waals surface area contributed by atoms with Crippen molar-refractivity contribution in [1.29, 1.82) is 0 Å². The molecule has 0 spiro atoms. The van der Waals surface area contributed by atoms with Gasteiger partial charge in [0.15, 0.2) is 0 Å². The molecule has 1 saturated heterocycles. The third-order valence-corrected chi connectivity index (χ3v) is 4.47. The fourth-order valence-corrected chi connectivity index (χ4v) is 2.60. The molecule has 0 aliphatic carbocycles. The topological polar surface area (TPSA) is 32.3 Å². The number of likely N-dealkylation sites (tertiary alicyclic amines) is 1. The number of anilines is 1. The Morgan fingerprint density at radius 3 is 2.76 bits per heavy atom. The van der Waals surface area contributed by atoms with Crippen LogP contribution in [-0.2, 0) is 0 Å². The molecule has 1 unspecified atom stereocenters. The Hall–Kier alpha value is -1.24. The molecule has 2 rings (SSSR count). The van der Waals surface area contributed by atoms with Crippen LogP contribution < -0.4 is 5.32 Å². The number of amides is 2. The van der Waals surface area contributed by atoms with Crippen LogP contribution in [0.1, 0.15) is 18.4 Å². The third-order valence-electron chi connectivity index (χ3n) is 3.58. The zero-order chi connectivity index (χ0) is 15.6. The highest BCUT2D eigenvalue weighted by atomic mass is 79.9. The zero-order valence-corrected chi connectivity index (χ0v) is 13.1. The molecule has 1 heterocycles. The summed E-state index contributed by atoms with van der Waals surface area (Å²) in [6.45, 7) is 1.96. The number of carbonyl (C=O) groups is 1. The van der Waals surface area contributed by atoms with Gasteiger partial charge in [-0.25, -0.2) is 4.79 Å². The molecular formula is C14H16BrF3N2O. The van der Waals surface area contributed by atoms with E-state index in [4.69, 9.17) is 0 Å². The molecule has 1 aliphatic heterocycles. The predicted molar refractivity (Wildman–Crippen MR) is 78.2 cm³/mol. The molecule has 0 saturated carbocycles. The molecule has 1 atom stereocenters. The Morgan fingerprint density at radius 1 is 1.43 bits per heavy atom. The van der Waals surface area contributed by atoms with Gasteiger partial charge in [0.2, 0.25) is 0 Å². The van der Waals surface area contributed by atoms with Gasteiger partial charge < -0.3 is 10.2 Å². The van der Waals surface area contributed by atoms with Gasteiger partial charge in [0.1, 0.15) is 0 Å². The Bertz CT molecular complexity index is 533. The number of carbonyl (C=O) groups excluding carboxylic acids is 1. The van der Waals surface area contributed by atoms with Crippen molar-refractivity contribution >= 4 is 27.6 Å². The van der Waals surface area contributed by atoms with Gasteiger partial charge in [0, 0.05) is 23.2 Å². The molecule has 1 fully saturated rings. The van der Waals surface area contributed by atoms with Crippen molar-refractivity contribution in [2.24, 2.45) is 5.92 Å². The lowest BCUT2D eigenvalue weighted by atomic mass is 9.98. The minimum Gasteiger partial charge on any atom is -0.324 e. The van der Waals surface area contributed by atoms with E-state index in [1.807, 2.05) is 6.92 Å². The monoisotopic (exact) mass is 364 g/mol. The van der Waals surface area contributed by atoms with E-state index in [1.165, 1.54) is 4.90 Å². The van der Waals surface area contributed by atoms with Crippen molar-refractivity contribution in [3.05, 3.63) is 28.2 Å². The molecule has 1 aromatic rings. The van der Waals surface area contributed by atoms with Gasteiger partial charge >= 0.3 is 12.2 Å². The van der Waals surface area contributed by atoms with E-state index >= 15 is 0 Å². The number of aryl methyl sites for hydroxylation is 1. The largest absolute Gasteiger partial charge is 0.393 e. The maximum atomic E-state index is 12.7. The zero-order valence-electron chi connectivity index (χ0n) is 11.5. The van der Waals surface area contributed by atoms with E-state index in [2.05, 4.69) is 21.2 Å². The molecule has 116 valence electrons. The van der Waals surface area contributed by atoms with Crippen molar-refractivity contribution in [1.82, 2.24) is 4.90 Å². The smallest absolute Gasteiger partial charge is 0.324 e. The van der Waals surface area contributed by atoms with Crippen molar-refractivity contribution < 1.29 is 18.0 Å². The minimum absolute atomic E-state index is 0.0880. The van der Waals surface area contributed by atoms with Gasteiger partial charge in [-0.3, -0.25) is 0 Å². The van der Waals surface area contributed by atoms with Crippen LogP contribution in [0.25, 0.3) is 0 Å². The second kappa shape index (κ2) is 6.25. The van der Waals surface area contributed by atoms with Crippen LogP contribution in [-0.4, -0.2) is 30.2 Å². The summed E-state index contributed by atoms with van der Waals surface area (Å²) in [5.74, 6) is -1.43. The van der Waals surface area contributed by atoms with E-state index in [0.29, 0.717) is 18.7 Å². The normalized spacial score (nSPS) is 19.5. The van der Waals surface area contributed by atoms with E-state index in [9.17, 15) is 18.0 Å². The highest BCUT2D eigenvalue weighted by molar-refractivity contribution is 9.10. The van der Waals surface area contributed by atoms with Gasteiger partial charge in [-0.15, -0.1) is 0 Å². The second-order valence-electron chi connectivity index (χ2n) is 5.22. The van der Waals surface area contributed by atoms with Gasteiger partial charge in [-0.05, 0) is 43.5 Å². The lowest BCUT2D eigenvalue weighted by Gasteiger charge is -2.33. The highest BCUT2D eigenvalue weighted by Gasteiger charge is 2.42. The van der Waals surface area contributed by atoms with E-state index in [-0.39, 0.29) is 13.0 Å². The number of piperidine rings is 1. The fraction of sp³-hybridized carbons (Fsp3) is 0.500. The SMILES string of the molecule is Cc1cc(NC(=O)N2CCCC(C(F)(F)F)C2)ccc1Br. The molecular weight excluding hydrogens is 349 g/mol. The summed E-state index contributed by atoms with van der Waals surface area (Å²) >= 11 is 3.35. The van der Waals surface area contributed by atoms with Crippen LogP contribution in [0.4, 0.5) is 23.7 Å². The first kappa shape index (κ1) is 16.1. The number of rotatable bonds is 1. The van der Waals surface area contributed by atoms with Crippen LogP contribution >= 0.6 is 15.9 Å². The number of nitrogens with zero attached hydrogens (tertiary/aromatic N) is 1. The van der Waals surface area contributed by atoms with Crippen molar-refractivity contribution in [3.8, 4) is 0 Å². The molecule has 0 bridgehead atoms. The molecule has 1 aromatic carbocycles. The summed E-state index contributed by atoms with van der Waals surface area (Å²) in [7, 11) is 0. The average Bonchev–Trinajstić information content (AvgIpc) is 2.42. The second-order valence-corrected chi connectivity index (χ2v) is 6.08. The van der Waals surface area contributed by atoms with E-state index in [0.717, 1.165) is 10.0 Å². The van der Waals surface area contributed by atoms with Crippen LogP contribution in [0.5, 0.6) is 0 Å². The summed E-state index contributed by atoms with van der Waals surface area (Å²) < 4.78 is 39.1. The Kier molecular flexibility index (Phi) is 4.81. The summed E-state index contributed by atoms with van der Waals surface area (Å²) in [4.78, 5) is 13.3. The van der Waals surface area contributed by atoms with Crippen molar-refractivity contribution in [2.45, 2.75) is 25.9 Å².